The minimum atomic E-state index is 0.993. The summed E-state index contributed by atoms with van der Waals surface area (Å²) in [6.07, 6.45) is 8.98. The van der Waals surface area contributed by atoms with Gasteiger partial charge in [-0.05, 0) is 272 Å². The van der Waals surface area contributed by atoms with Crippen molar-refractivity contribution in [3.05, 3.63) is 259 Å². The van der Waals surface area contributed by atoms with E-state index in [9.17, 15) is 0 Å². The predicted octanol–water partition coefficient (Wildman–Crippen LogP) is 19.4. The molecule has 0 saturated heterocycles. The largest absolute Gasteiger partial charge is 0.260 e. The van der Waals surface area contributed by atoms with Crippen molar-refractivity contribution in [3.8, 4) is 55.6 Å². The lowest BCUT2D eigenvalue weighted by molar-refractivity contribution is 1.03. The van der Waals surface area contributed by atoms with E-state index in [0.717, 1.165) is 32.1 Å². The lowest BCUT2D eigenvalue weighted by atomic mass is 9.94. The standard InChI is InChI=1S/5C16H17N/c1-9-5-10(2)15-13(6-9)7-14-16(15)12(4)11(3)8-17-14;1-9-5-6-13-7-14-16(15(13)11(9)3)12(4)10(2)8-17-14;1-9-5-6-14-13(7-9)8-15-16(14)11(3)10(2)12(4)17-15;1-9-5-6-13-8-15-16(14(13)7-9)11(3)10(2)12(4)17-15;1-9-6-5-7-13-14(9)8-15-16(13)11(3)10(2)12(4)17-15/h2*5-6,8H,7H2,1-4H3;3*5-7H,8H2,1-4H3. The van der Waals surface area contributed by atoms with Gasteiger partial charge in [0.15, 0.2) is 0 Å². The number of nitrogens with zero attached hydrogens (tertiary/aromatic N) is 5. The van der Waals surface area contributed by atoms with Crippen LogP contribution >= 0.6 is 0 Å². The monoisotopic (exact) mass is 1120 g/mol. The quantitative estimate of drug-likeness (QED) is 0.151. The van der Waals surface area contributed by atoms with E-state index in [1.807, 2.05) is 12.4 Å². The molecule has 0 N–H and O–H groups in total. The Labute approximate surface area is 507 Å². The van der Waals surface area contributed by atoms with Crippen LogP contribution in [0.15, 0.2) is 91.3 Å². The van der Waals surface area contributed by atoms with E-state index in [2.05, 4.69) is 227 Å². The summed E-state index contributed by atoms with van der Waals surface area (Å²) in [5, 5.41) is 0. The van der Waals surface area contributed by atoms with Crippen LogP contribution in [0.1, 0.15) is 168 Å². The van der Waals surface area contributed by atoms with Gasteiger partial charge in [0.25, 0.3) is 0 Å². The van der Waals surface area contributed by atoms with Crippen LogP contribution in [0.2, 0.25) is 0 Å². The second-order valence-electron chi connectivity index (χ2n) is 25.5. The average molecular weight is 1120 g/mol. The molecule has 5 nitrogen and oxygen atoms in total. The minimum absolute atomic E-state index is 0.993. The van der Waals surface area contributed by atoms with Crippen LogP contribution in [0.5, 0.6) is 0 Å². The first-order chi connectivity index (χ1) is 40.4. The third-order valence-electron chi connectivity index (χ3n) is 20.0. The van der Waals surface area contributed by atoms with Crippen molar-refractivity contribution in [2.45, 2.75) is 171 Å². The first-order valence-electron chi connectivity index (χ1n) is 30.7. The maximum Gasteiger partial charge on any atom is 0.0532 e. The Balaban J connectivity index is 0.000000111. The van der Waals surface area contributed by atoms with Crippen molar-refractivity contribution in [1.82, 2.24) is 24.9 Å². The van der Waals surface area contributed by atoms with E-state index < -0.39 is 0 Å². The lowest BCUT2D eigenvalue weighted by Gasteiger charge is -2.11. The summed E-state index contributed by atoms with van der Waals surface area (Å²) in [5.41, 5.74) is 54.1. The number of rotatable bonds is 0. The highest BCUT2D eigenvalue weighted by Gasteiger charge is 2.29. The zero-order chi connectivity index (χ0) is 60.8. The summed E-state index contributed by atoms with van der Waals surface area (Å²) >= 11 is 0. The average Bonchev–Trinajstić information content (AvgIpc) is 2.70. The summed E-state index contributed by atoms with van der Waals surface area (Å²) in [6.45, 7) is 43.5. The molecule has 0 atom stereocenters. The number of pyridine rings is 5. The Morgan fingerprint density at radius 2 is 0.718 bits per heavy atom. The lowest BCUT2D eigenvalue weighted by Crippen LogP contribution is -1.97. The van der Waals surface area contributed by atoms with Crippen LogP contribution in [0.4, 0.5) is 0 Å². The highest BCUT2D eigenvalue weighted by Crippen LogP contribution is 2.45. The summed E-state index contributed by atoms with van der Waals surface area (Å²) in [6, 6.07) is 29.1. The van der Waals surface area contributed by atoms with Crippen LogP contribution in [0.3, 0.4) is 0 Å². The fourth-order valence-electron chi connectivity index (χ4n) is 14.1. The van der Waals surface area contributed by atoms with Crippen molar-refractivity contribution in [2.24, 2.45) is 0 Å². The third-order valence-corrected chi connectivity index (χ3v) is 20.0. The van der Waals surface area contributed by atoms with E-state index >= 15 is 0 Å². The van der Waals surface area contributed by atoms with Crippen molar-refractivity contribution in [1.29, 1.82) is 0 Å². The minimum Gasteiger partial charge on any atom is -0.260 e. The normalized spacial score (nSPS) is 12.5. The van der Waals surface area contributed by atoms with E-state index in [1.54, 1.807) is 0 Å². The number of fused-ring (bicyclic) bond motifs is 15. The van der Waals surface area contributed by atoms with Gasteiger partial charge in [0.2, 0.25) is 0 Å². The maximum absolute atomic E-state index is 4.77. The van der Waals surface area contributed by atoms with Crippen molar-refractivity contribution in [2.75, 3.05) is 0 Å². The molecule has 85 heavy (non-hydrogen) atoms. The molecule has 15 rings (SSSR count). The van der Waals surface area contributed by atoms with Gasteiger partial charge >= 0.3 is 0 Å². The Bertz CT molecular complexity index is 4360. The molecule has 0 fully saturated rings. The van der Waals surface area contributed by atoms with Gasteiger partial charge in [-0.3, -0.25) is 24.9 Å². The topological polar surface area (TPSA) is 64.5 Å². The van der Waals surface area contributed by atoms with E-state index in [4.69, 9.17) is 15.0 Å². The fraction of sp³-hybridized carbons (Fsp3) is 0.312. The molecule has 0 spiro atoms. The molecular formula is C80H85N5. The third kappa shape index (κ3) is 10.5. The predicted molar refractivity (Wildman–Crippen MR) is 357 cm³/mol. The molecule has 10 aromatic rings. The molecule has 0 aliphatic heterocycles. The summed E-state index contributed by atoms with van der Waals surface area (Å²) in [4.78, 5) is 23.5. The van der Waals surface area contributed by atoms with Crippen LogP contribution in [-0.2, 0) is 32.1 Å². The van der Waals surface area contributed by atoms with Gasteiger partial charge in [0.1, 0.15) is 0 Å². The first-order valence-corrected chi connectivity index (χ1v) is 30.7. The highest BCUT2D eigenvalue weighted by molar-refractivity contribution is 5.85. The van der Waals surface area contributed by atoms with E-state index in [0.29, 0.717) is 0 Å². The highest BCUT2D eigenvalue weighted by atomic mass is 14.7. The molecule has 430 valence electrons. The van der Waals surface area contributed by atoms with Gasteiger partial charge < -0.3 is 0 Å². The van der Waals surface area contributed by atoms with Crippen molar-refractivity contribution < 1.29 is 0 Å². The molecule has 0 amide bonds. The second kappa shape index (κ2) is 22.7. The van der Waals surface area contributed by atoms with Crippen LogP contribution in [0.25, 0.3) is 55.6 Å². The molecule has 5 aromatic heterocycles. The van der Waals surface area contributed by atoms with Gasteiger partial charge in [0, 0.05) is 89.4 Å². The molecule has 5 heterocycles. The molecule has 5 aliphatic carbocycles. The number of aryl methyl sites for hydroxylation is 11. The zero-order valence-electron chi connectivity index (χ0n) is 54.4. The maximum atomic E-state index is 4.77. The van der Waals surface area contributed by atoms with Gasteiger partial charge in [-0.1, -0.05) is 95.6 Å². The van der Waals surface area contributed by atoms with Crippen molar-refractivity contribution in [3.63, 3.8) is 0 Å². The van der Waals surface area contributed by atoms with Gasteiger partial charge in [-0.2, -0.15) is 0 Å². The number of hydrogen-bond acceptors (Lipinski definition) is 5. The molecule has 0 bridgehead atoms. The second-order valence-corrected chi connectivity index (χ2v) is 25.5. The molecule has 0 unspecified atom stereocenters. The van der Waals surface area contributed by atoms with E-state index in [1.165, 1.54) is 224 Å². The van der Waals surface area contributed by atoms with Crippen LogP contribution < -0.4 is 0 Å². The number of aromatic nitrogens is 5. The first kappa shape index (κ1) is 58.6. The number of benzene rings is 5. The summed E-state index contributed by atoms with van der Waals surface area (Å²) < 4.78 is 0. The van der Waals surface area contributed by atoms with Crippen molar-refractivity contribution >= 4 is 0 Å². The molecule has 0 saturated carbocycles. The Hall–Kier alpha value is -8.15. The smallest absolute Gasteiger partial charge is 0.0532 e. The molecule has 0 radical (unpaired) electrons. The van der Waals surface area contributed by atoms with Crippen LogP contribution in [0, 0.1) is 138 Å². The molecular weight excluding hydrogens is 1030 g/mol. The summed E-state index contributed by atoms with van der Waals surface area (Å²) in [5.74, 6) is 0. The Kier molecular flexibility index (Phi) is 15.6. The van der Waals surface area contributed by atoms with Crippen LogP contribution in [-0.4, -0.2) is 24.9 Å². The Morgan fingerprint density at radius 1 is 0.259 bits per heavy atom. The fourth-order valence-corrected chi connectivity index (χ4v) is 14.1. The molecule has 5 aliphatic rings. The van der Waals surface area contributed by atoms with Gasteiger partial charge in [-0.15, -0.1) is 0 Å². The number of hydrogen-bond donors (Lipinski definition) is 0. The Morgan fingerprint density at radius 3 is 1.32 bits per heavy atom. The van der Waals surface area contributed by atoms with Gasteiger partial charge in [0.05, 0.1) is 28.5 Å². The van der Waals surface area contributed by atoms with Gasteiger partial charge in [-0.25, -0.2) is 0 Å². The SMILES string of the molecule is Cc1cc(C)c2c(c1)Cc1ncc(C)c(C)c1-2.Cc1ccc2c(c1)-c1c(nc(C)c(C)c1C)C2.Cc1ccc2c(c1)Cc1nc(C)c(C)c(C)c1-2.Cc1ccc2c(c1C)-c1c(ncc(C)c1C)C2.Cc1cccc2c1Cc1nc(C)c(C)c(C)c1-2. The summed E-state index contributed by atoms with van der Waals surface area (Å²) in [7, 11) is 0. The van der Waals surface area contributed by atoms with E-state index in [-0.39, 0.29) is 0 Å². The molecule has 5 heteroatoms. The zero-order valence-corrected chi connectivity index (χ0v) is 54.4. The molecule has 5 aromatic carbocycles.